The zero-order valence-electron chi connectivity index (χ0n) is 16.7. The Labute approximate surface area is 167 Å². The molecule has 3 amide bonds. The first-order valence-corrected chi connectivity index (χ1v) is 10.1. The number of benzene rings is 1. The standard InChI is InChI=1S/C22H31N3O3/c1-3-5-6-13-23-21(27)18-11-14-25(15-12-18)22(28)19-9-7-17(8-10-19)16-24-20(26)4-2/h4,7-10,18H,2-3,5-6,11-16H2,1H3,(H,23,27)(H,24,26). The normalized spacial score (nSPS) is 14.4. The highest BCUT2D eigenvalue weighted by atomic mass is 16.2. The van der Waals surface area contributed by atoms with E-state index in [-0.39, 0.29) is 23.6 Å². The number of likely N-dealkylation sites (tertiary alicyclic amines) is 1. The average molecular weight is 386 g/mol. The number of rotatable bonds is 9. The Balaban J connectivity index is 1.79. The molecule has 0 saturated carbocycles. The van der Waals surface area contributed by atoms with Crippen LogP contribution in [0.4, 0.5) is 0 Å². The fraction of sp³-hybridized carbons (Fsp3) is 0.500. The van der Waals surface area contributed by atoms with Crippen molar-refractivity contribution in [2.24, 2.45) is 5.92 Å². The largest absolute Gasteiger partial charge is 0.356 e. The first kappa shape index (κ1) is 21.7. The van der Waals surface area contributed by atoms with Crippen LogP contribution in [0, 0.1) is 5.92 Å². The van der Waals surface area contributed by atoms with Gasteiger partial charge in [-0.05, 0) is 43.0 Å². The number of hydrogen-bond acceptors (Lipinski definition) is 3. The molecule has 1 aromatic carbocycles. The van der Waals surface area contributed by atoms with Gasteiger partial charge in [-0.1, -0.05) is 38.5 Å². The number of nitrogens with one attached hydrogen (secondary N) is 2. The monoisotopic (exact) mass is 385 g/mol. The maximum atomic E-state index is 12.7. The summed E-state index contributed by atoms with van der Waals surface area (Å²) in [6.07, 6.45) is 5.93. The van der Waals surface area contributed by atoms with Gasteiger partial charge in [0.05, 0.1) is 0 Å². The highest BCUT2D eigenvalue weighted by Gasteiger charge is 2.27. The van der Waals surface area contributed by atoms with E-state index in [1.165, 1.54) is 6.08 Å². The molecular formula is C22H31N3O3. The minimum absolute atomic E-state index is 0.00141. The second-order valence-corrected chi connectivity index (χ2v) is 7.18. The van der Waals surface area contributed by atoms with E-state index in [0.717, 1.165) is 31.4 Å². The van der Waals surface area contributed by atoms with Crippen molar-refractivity contribution in [2.45, 2.75) is 45.6 Å². The maximum absolute atomic E-state index is 12.7. The summed E-state index contributed by atoms with van der Waals surface area (Å²) in [4.78, 5) is 37.9. The summed E-state index contributed by atoms with van der Waals surface area (Å²) in [7, 11) is 0. The van der Waals surface area contributed by atoms with Gasteiger partial charge in [0.25, 0.3) is 5.91 Å². The highest BCUT2D eigenvalue weighted by Crippen LogP contribution is 2.19. The smallest absolute Gasteiger partial charge is 0.253 e. The summed E-state index contributed by atoms with van der Waals surface area (Å²) in [5.74, 6) is -0.114. The SMILES string of the molecule is C=CC(=O)NCc1ccc(C(=O)N2CCC(C(=O)NCCCCC)CC2)cc1. The molecule has 1 aromatic rings. The van der Waals surface area contributed by atoms with Crippen molar-refractivity contribution in [3.05, 3.63) is 48.0 Å². The van der Waals surface area contributed by atoms with Crippen molar-refractivity contribution in [3.8, 4) is 0 Å². The summed E-state index contributed by atoms with van der Waals surface area (Å²) in [5, 5.41) is 5.72. The van der Waals surface area contributed by atoms with Crippen molar-refractivity contribution in [1.29, 1.82) is 0 Å². The highest BCUT2D eigenvalue weighted by molar-refractivity contribution is 5.94. The molecule has 0 bridgehead atoms. The number of amides is 3. The third kappa shape index (κ3) is 6.51. The summed E-state index contributed by atoms with van der Waals surface area (Å²) >= 11 is 0. The van der Waals surface area contributed by atoms with Crippen LogP contribution < -0.4 is 10.6 Å². The molecule has 1 fully saturated rings. The first-order valence-electron chi connectivity index (χ1n) is 10.1. The lowest BCUT2D eigenvalue weighted by Gasteiger charge is -2.31. The lowest BCUT2D eigenvalue weighted by Crippen LogP contribution is -2.43. The summed E-state index contributed by atoms with van der Waals surface area (Å²) < 4.78 is 0. The Morgan fingerprint density at radius 1 is 1.11 bits per heavy atom. The molecule has 0 aromatic heterocycles. The molecule has 0 atom stereocenters. The van der Waals surface area contributed by atoms with Crippen LogP contribution in [0.3, 0.4) is 0 Å². The Kier molecular flexibility index (Phi) is 8.72. The summed E-state index contributed by atoms with van der Waals surface area (Å²) in [5.41, 5.74) is 1.55. The van der Waals surface area contributed by atoms with Gasteiger partial charge in [0.2, 0.25) is 11.8 Å². The molecule has 1 heterocycles. The fourth-order valence-corrected chi connectivity index (χ4v) is 3.28. The van der Waals surface area contributed by atoms with E-state index < -0.39 is 0 Å². The number of unbranched alkanes of at least 4 members (excludes halogenated alkanes) is 2. The van der Waals surface area contributed by atoms with Crippen LogP contribution in [0.5, 0.6) is 0 Å². The van der Waals surface area contributed by atoms with Gasteiger partial charge < -0.3 is 15.5 Å². The number of piperidine rings is 1. The van der Waals surface area contributed by atoms with Crippen molar-refractivity contribution in [3.63, 3.8) is 0 Å². The number of carbonyl (C=O) groups excluding carboxylic acids is 3. The molecule has 0 spiro atoms. The van der Waals surface area contributed by atoms with Gasteiger partial charge >= 0.3 is 0 Å². The Morgan fingerprint density at radius 2 is 1.79 bits per heavy atom. The minimum atomic E-state index is -0.225. The molecule has 1 aliphatic rings. The molecule has 0 aliphatic carbocycles. The van der Waals surface area contributed by atoms with E-state index in [9.17, 15) is 14.4 Å². The van der Waals surface area contributed by atoms with Gasteiger partial charge in [0.15, 0.2) is 0 Å². The van der Waals surface area contributed by atoms with E-state index >= 15 is 0 Å². The van der Waals surface area contributed by atoms with Crippen molar-refractivity contribution in [1.82, 2.24) is 15.5 Å². The van der Waals surface area contributed by atoms with Crippen LogP contribution in [0.2, 0.25) is 0 Å². The van der Waals surface area contributed by atoms with Crippen LogP contribution >= 0.6 is 0 Å². The zero-order chi connectivity index (χ0) is 20.4. The second kappa shape index (κ2) is 11.3. The lowest BCUT2D eigenvalue weighted by molar-refractivity contribution is -0.126. The van der Waals surface area contributed by atoms with E-state index in [2.05, 4.69) is 24.1 Å². The Bertz CT molecular complexity index is 677. The van der Waals surface area contributed by atoms with Crippen LogP contribution in [0.15, 0.2) is 36.9 Å². The van der Waals surface area contributed by atoms with E-state index in [0.29, 0.717) is 38.0 Å². The second-order valence-electron chi connectivity index (χ2n) is 7.18. The minimum Gasteiger partial charge on any atom is -0.356 e. The van der Waals surface area contributed by atoms with Crippen molar-refractivity contribution in [2.75, 3.05) is 19.6 Å². The van der Waals surface area contributed by atoms with Gasteiger partial charge in [0.1, 0.15) is 0 Å². The molecule has 152 valence electrons. The number of nitrogens with zero attached hydrogens (tertiary/aromatic N) is 1. The molecule has 2 N–H and O–H groups in total. The fourth-order valence-electron chi connectivity index (χ4n) is 3.28. The third-order valence-corrected chi connectivity index (χ3v) is 5.09. The van der Waals surface area contributed by atoms with Crippen LogP contribution in [0.1, 0.15) is 54.9 Å². The predicted octanol–water partition coefficient (Wildman–Crippen LogP) is 2.65. The van der Waals surface area contributed by atoms with Crippen molar-refractivity contribution >= 4 is 17.7 Å². The van der Waals surface area contributed by atoms with Crippen molar-refractivity contribution < 1.29 is 14.4 Å². The zero-order valence-corrected chi connectivity index (χ0v) is 16.7. The summed E-state index contributed by atoms with van der Waals surface area (Å²) in [6, 6.07) is 7.24. The Morgan fingerprint density at radius 3 is 2.39 bits per heavy atom. The molecule has 6 heteroatoms. The van der Waals surface area contributed by atoms with Gasteiger partial charge in [-0.25, -0.2) is 0 Å². The molecule has 0 unspecified atom stereocenters. The molecule has 28 heavy (non-hydrogen) atoms. The molecule has 1 aliphatic heterocycles. The number of hydrogen-bond donors (Lipinski definition) is 2. The van der Waals surface area contributed by atoms with Crippen LogP contribution in [-0.4, -0.2) is 42.3 Å². The van der Waals surface area contributed by atoms with Crippen LogP contribution in [-0.2, 0) is 16.1 Å². The van der Waals surface area contributed by atoms with Gasteiger partial charge in [0, 0.05) is 37.7 Å². The molecule has 2 rings (SSSR count). The van der Waals surface area contributed by atoms with Crippen LogP contribution in [0.25, 0.3) is 0 Å². The molecular weight excluding hydrogens is 354 g/mol. The topological polar surface area (TPSA) is 78.5 Å². The summed E-state index contributed by atoms with van der Waals surface area (Å²) in [6.45, 7) is 7.90. The molecule has 1 saturated heterocycles. The van der Waals surface area contributed by atoms with Gasteiger partial charge in [-0.3, -0.25) is 14.4 Å². The average Bonchev–Trinajstić information content (AvgIpc) is 2.74. The predicted molar refractivity (Wildman–Crippen MR) is 110 cm³/mol. The van der Waals surface area contributed by atoms with Gasteiger partial charge in [-0.15, -0.1) is 0 Å². The van der Waals surface area contributed by atoms with Gasteiger partial charge in [-0.2, -0.15) is 0 Å². The maximum Gasteiger partial charge on any atom is 0.253 e. The third-order valence-electron chi connectivity index (χ3n) is 5.09. The first-order chi connectivity index (χ1) is 13.5. The Hall–Kier alpha value is -2.63. The van der Waals surface area contributed by atoms with E-state index in [1.807, 2.05) is 17.0 Å². The lowest BCUT2D eigenvalue weighted by atomic mass is 9.95. The quantitative estimate of drug-likeness (QED) is 0.507. The van der Waals surface area contributed by atoms with E-state index in [4.69, 9.17) is 0 Å². The van der Waals surface area contributed by atoms with E-state index in [1.54, 1.807) is 12.1 Å². The number of carbonyl (C=O) groups is 3. The molecule has 6 nitrogen and oxygen atoms in total. The molecule has 0 radical (unpaired) electrons.